The van der Waals surface area contributed by atoms with Crippen molar-refractivity contribution in [2.75, 3.05) is 20.1 Å². The van der Waals surface area contributed by atoms with Crippen molar-refractivity contribution < 1.29 is 18.0 Å². The average Bonchev–Trinajstić information content (AvgIpc) is 2.92. The van der Waals surface area contributed by atoms with Gasteiger partial charge in [0.15, 0.2) is 0 Å². The summed E-state index contributed by atoms with van der Waals surface area (Å²) in [6.45, 7) is 4.10. The molecule has 0 radical (unpaired) electrons. The lowest BCUT2D eigenvalue weighted by atomic mass is 10.0. The van der Waals surface area contributed by atoms with E-state index in [0.29, 0.717) is 11.6 Å². The van der Waals surface area contributed by atoms with Crippen molar-refractivity contribution >= 4 is 33.4 Å². The van der Waals surface area contributed by atoms with Crippen molar-refractivity contribution in [3.8, 4) is 0 Å². The van der Waals surface area contributed by atoms with Crippen LogP contribution in [0.2, 0.25) is 5.02 Å². The Hall–Kier alpha value is -3.20. The van der Waals surface area contributed by atoms with Crippen molar-refractivity contribution in [2.45, 2.75) is 50.6 Å². The van der Waals surface area contributed by atoms with Gasteiger partial charge >= 0.3 is 0 Å². The number of rotatable bonds is 13. The summed E-state index contributed by atoms with van der Waals surface area (Å²) in [6, 6.07) is 22.1. The maximum absolute atomic E-state index is 13.8. The number of hydrogen-bond donors (Lipinski definition) is 1. The van der Waals surface area contributed by atoms with Gasteiger partial charge in [0.2, 0.25) is 21.8 Å². The van der Waals surface area contributed by atoms with Crippen LogP contribution in [-0.2, 0) is 32.6 Å². The molecule has 0 aliphatic rings. The standard InChI is InChI=1S/C30H36ClN3O4S/c1-4-5-19-32-30(36)28(20-24-9-7-6-8-10-24)34(21-25-13-15-26(31)16-14-25)29(35)22-33(3)39(37,38)27-17-11-23(2)12-18-27/h6-18,28H,4-5,19-22H2,1-3H3,(H,32,36)/t28-/m1/s1. The topological polar surface area (TPSA) is 86.8 Å². The second-order valence-electron chi connectivity index (χ2n) is 9.57. The normalized spacial score (nSPS) is 12.2. The SMILES string of the molecule is CCCCNC(=O)[C@@H](Cc1ccccc1)N(Cc1ccc(Cl)cc1)C(=O)CN(C)S(=O)(=O)c1ccc(C)cc1. The zero-order valence-corrected chi connectivity index (χ0v) is 24.2. The van der Waals surface area contributed by atoms with E-state index in [4.69, 9.17) is 11.6 Å². The molecule has 39 heavy (non-hydrogen) atoms. The first-order valence-corrected chi connectivity index (χ1v) is 14.8. The molecule has 0 saturated carbocycles. The Morgan fingerprint density at radius 2 is 1.56 bits per heavy atom. The van der Waals surface area contributed by atoms with E-state index in [9.17, 15) is 18.0 Å². The van der Waals surface area contributed by atoms with Crippen molar-refractivity contribution in [1.29, 1.82) is 0 Å². The molecular weight excluding hydrogens is 534 g/mol. The molecule has 2 amide bonds. The predicted octanol–water partition coefficient (Wildman–Crippen LogP) is 4.83. The minimum atomic E-state index is -3.92. The van der Waals surface area contributed by atoms with Gasteiger partial charge in [-0.2, -0.15) is 4.31 Å². The van der Waals surface area contributed by atoms with Crippen molar-refractivity contribution in [2.24, 2.45) is 0 Å². The monoisotopic (exact) mass is 569 g/mol. The number of aryl methyl sites for hydroxylation is 1. The molecule has 3 aromatic carbocycles. The van der Waals surface area contributed by atoms with Crippen LogP contribution in [-0.4, -0.2) is 55.6 Å². The number of carbonyl (C=O) groups is 2. The molecule has 9 heteroatoms. The fourth-order valence-electron chi connectivity index (χ4n) is 4.10. The van der Waals surface area contributed by atoms with Gasteiger partial charge < -0.3 is 10.2 Å². The van der Waals surface area contributed by atoms with Gasteiger partial charge in [0.1, 0.15) is 6.04 Å². The Labute approximate surface area is 236 Å². The van der Waals surface area contributed by atoms with Crippen LogP contribution in [0.25, 0.3) is 0 Å². The van der Waals surface area contributed by atoms with Crippen LogP contribution in [0.5, 0.6) is 0 Å². The smallest absolute Gasteiger partial charge is 0.243 e. The number of nitrogens with one attached hydrogen (secondary N) is 1. The first-order valence-electron chi connectivity index (χ1n) is 13.0. The van der Waals surface area contributed by atoms with E-state index < -0.39 is 28.5 Å². The van der Waals surface area contributed by atoms with Crippen LogP contribution in [0.3, 0.4) is 0 Å². The molecule has 0 spiro atoms. The third kappa shape index (κ3) is 8.65. The minimum absolute atomic E-state index is 0.103. The molecular formula is C30H36ClN3O4S. The van der Waals surface area contributed by atoms with Crippen molar-refractivity contribution in [1.82, 2.24) is 14.5 Å². The molecule has 0 fully saturated rings. The number of halogens is 1. The minimum Gasteiger partial charge on any atom is -0.354 e. The molecule has 0 aliphatic carbocycles. The molecule has 0 unspecified atom stereocenters. The van der Waals surface area contributed by atoms with Gasteiger partial charge in [-0.25, -0.2) is 8.42 Å². The highest BCUT2D eigenvalue weighted by atomic mass is 35.5. The molecule has 1 atom stereocenters. The summed E-state index contributed by atoms with van der Waals surface area (Å²) < 4.78 is 27.5. The van der Waals surface area contributed by atoms with E-state index in [-0.39, 0.29) is 23.8 Å². The van der Waals surface area contributed by atoms with Gasteiger partial charge in [-0.15, -0.1) is 0 Å². The maximum atomic E-state index is 13.8. The summed E-state index contributed by atoms with van der Waals surface area (Å²) in [5, 5.41) is 3.52. The van der Waals surface area contributed by atoms with Gasteiger partial charge in [-0.05, 0) is 48.7 Å². The van der Waals surface area contributed by atoms with Crippen LogP contribution >= 0.6 is 11.6 Å². The number of nitrogens with zero attached hydrogens (tertiary/aromatic N) is 2. The highest BCUT2D eigenvalue weighted by molar-refractivity contribution is 7.89. The van der Waals surface area contributed by atoms with E-state index in [0.717, 1.165) is 33.8 Å². The molecule has 3 rings (SSSR count). The number of likely N-dealkylation sites (N-methyl/N-ethyl adjacent to an activating group) is 1. The molecule has 1 N–H and O–H groups in total. The first-order chi connectivity index (χ1) is 18.6. The second kappa shape index (κ2) is 14.3. The Balaban J connectivity index is 1.94. The Bertz CT molecular complexity index is 1330. The fourth-order valence-corrected chi connectivity index (χ4v) is 5.35. The Kier molecular flexibility index (Phi) is 11.1. The van der Waals surface area contributed by atoms with Crippen LogP contribution in [0.4, 0.5) is 0 Å². The molecule has 208 valence electrons. The molecule has 0 aliphatic heterocycles. The van der Waals surface area contributed by atoms with Gasteiger partial charge in [0.25, 0.3) is 0 Å². The van der Waals surface area contributed by atoms with E-state index in [1.165, 1.54) is 24.1 Å². The Morgan fingerprint density at radius 1 is 0.923 bits per heavy atom. The number of amides is 2. The van der Waals surface area contributed by atoms with E-state index in [1.54, 1.807) is 36.4 Å². The predicted molar refractivity (Wildman–Crippen MR) is 155 cm³/mol. The van der Waals surface area contributed by atoms with E-state index in [2.05, 4.69) is 5.32 Å². The number of carbonyl (C=O) groups excluding carboxylic acids is 2. The second-order valence-corrected chi connectivity index (χ2v) is 12.1. The van der Waals surface area contributed by atoms with Gasteiger partial charge in [-0.1, -0.05) is 85.1 Å². The van der Waals surface area contributed by atoms with Crippen LogP contribution < -0.4 is 5.32 Å². The molecule has 0 saturated heterocycles. The molecule has 0 aromatic heterocycles. The lowest BCUT2D eigenvalue weighted by molar-refractivity contribution is -0.141. The number of benzene rings is 3. The third-order valence-electron chi connectivity index (χ3n) is 6.45. The van der Waals surface area contributed by atoms with Gasteiger partial charge in [0, 0.05) is 31.6 Å². The summed E-state index contributed by atoms with van der Waals surface area (Å²) in [5.74, 6) is -0.756. The summed E-state index contributed by atoms with van der Waals surface area (Å²) in [7, 11) is -2.54. The molecule has 3 aromatic rings. The zero-order valence-electron chi connectivity index (χ0n) is 22.6. The summed E-state index contributed by atoms with van der Waals surface area (Å²) in [6.07, 6.45) is 2.01. The quantitative estimate of drug-likeness (QED) is 0.299. The first kappa shape index (κ1) is 30.3. The average molecular weight is 570 g/mol. The summed E-state index contributed by atoms with van der Waals surface area (Å²) >= 11 is 6.07. The van der Waals surface area contributed by atoms with Crippen molar-refractivity contribution in [3.63, 3.8) is 0 Å². The van der Waals surface area contributed by atoms with E-state index >= 15 is 0 Å². The maximum Gasteiger partial charge on any atom is 0.243 e. The summed E-state index contributed by atoms with van der Waals surface area (Å²) in [4.78, 5) is 28.9. The number of hydrogen-bond acceptors (Lipinski definition) is 4. The number of sulfonamides is 1. The van der Waals surface area contributed by atoms with Crippen LogP contribution in [0.1, 0.15) is 36.5 Å². The highest BCUT2D eigenvalue weighted by Crippen LogP contribution is 2.19. The fraction of sp³-hybridized carbons (Fsp3) is 0.333. The largest absolute Gasteiger partial charge is 0.354 e. The number of unbranched alkanes of at least 4 members (excludes halogenated alkanes) is 1. The van der Waals surface area contributed by atoms with Crippen molar-refractivity contribution in [3.05, 3.63) is 101 Å². The lowest BCUT2D eigenvalue weighted by Crippen LogP contribution is -2.53. The zero-order chi connectivity index (χ0) is 28.4. The van der Waals surface area contributed by atoms with Gasteiger partial charge in [-0.3, -0.25) is 9.59 Å². The summed E-state index contributed by atoms with van der Waals surface area (Å²) in [5.41, 5.74) is 2.60. The lowest BCUT2D eigenvalue weighted by Gasteiger charge is -2.32. The third-order valence-corrected chi connectivity index (χ3v) is 8.52. The van der Waals surface area contributed by atoms with E-state index in [1.807, 2.05) is 44.2 Å². The van der Waals surface area contributed by atoms with Crippen LogP contribution in [0.15, 0.2) is 83.8 Å². The highest BCUT2D eigenvalue weighted by Gasteiger charge is 2.33. The Morgan fingerprint density at radius 3 is 2.18 bits per heavy atom. The molecule has 7 nitrogen and oxygen atoms in total. The molecule has 0 bridgehead atoms. The van der Waals surface area contributed by atoms with Crippen LogP contribution in [0, 0.1) is 6.92 Å². The molecule has 0 heterocycles. The van der Waals surface area contributed by atoms with Gasteiger partial charge in [0.05, 0.1) is 11.4 Å².